The number of carboxylic acids is 2. The number of hydrogen-bond donors (Lipinski definition) is 5. The maximum Gasteiger partial charge on any atom is 0.303 e. The maximum absolute atomic E-state index is 10.8. The molecular formula is C14H26N2O6. The molecule has 1 aliphatic heterocycles. The van der Waals surface area contributed by atoms with Crippen molar-refractivity contribution in [3.8, 4) is 0 Å². The number of carboxylic acid groups (broad SMARTS) is 2. The second-order valence-electron chi connectivity index (χ2n) is 5.90. The van der Waals surface area contributed by atoms with Crippen LogP contribution in [-0.4, -0.2) is 68.9 Å². The Bertz CT molecular complexity index is 376. The number of aliphatic hydroxyl groups excluding tert-OH is 2. The zero-order valence-corrected chi connectivity index (χ0v) is 12.8. The first-order chi connectivity index (χ1) is 10.3. The quantitative estimate of drug-likeness (QED) is 0.365. The lowest BCUT2D eigenvalue weighted by Crippen LogP contribution is -2.55. The molecule has 0 amide bonds. The van der Waals surface area contributed by atoms with Gasteiger partial charge in [-0.15, -0.1) is 0 Å². The molecule has 1 saturated heterocycles. The van der Waals surface area contributed by atoms with Crippen LogP contribution in [-0.2, 0) is 9.59 Å². The van der Waals surface area contributed by atoms with Gasteiger partial charge in [0.1, 0.15) is 12.5 Å². The van der Waals surface area contributed by atoms with Crippen molar-refractivity contribution in [1.82, 2.24) is 10.2 Å². The van der Waals surface area contributed by atoms with Crippen LogP contribution in [0.5, 0.6) is 0 Å². The summed E-state index contributed by atoms with van der Waals surface area (Å²) in [5.41, 5.74) is 0. The molecule has 4 atom stereocenters. The number of rotatable bonds is 9. The highest BCUT2D eigenvalue weighted by molar-refractivity contribution is 5.67. The number of piperidine rings is 1. The van der Waals surface area contributed by atoms with Crippen molar-refractivity contribution >= 4 is 11.9 Å². The summed E-state index contributed by atoms with van der Waals surface area (Å²) in [6.07, 6.45) is -0.102. The molecule has 5 N–H and O–H groups in total. The van der Waals surface area contributed by atoms with Crippen LogP contribution in [0.15, 0.2) is 0 Å². The number of nitrogens with zero attached hydrogens (tertiary/aromatic N) is 1. The van der Waals surface area contributed by atoms with Gasteiger partial charge in [0.25, 0.3) is 0 Å². The topological polar surface area (TPSA) is 130 Å². The molecule has 128 valence electrons. The van der Waals surface area contributed by atoms with E-state index in [1.165, 1.54) is 6.92 Å². The normalized spacial score (nSPS) is 23.7. The van der Waals surface area contributed by atoms with Gasteiger partial charge in [0, 0.05) is 32.0 Å². The molecule has 0 radical (unpaired) electrons. The summed E-state index contributed by atoms with van der Waals surface area (Å²) in [5, 5.41) is 40.3. The van der Waals surface area contributed by atoms with Crippen LogP contribution < -0.4 is 5.32 Å². The molecule has 1 heterocycles. The van der Waals surface area contributed by atoms with Crippen LogP contribution >= 0.6 is 0 Å². The first-order valence-corrected chi connectivity index (χ1v) is 7.59. The first-order valence-electron chi connectivity index (χ1n) is 7.59. The summed E-state index contributed by atoms with van der Waals surface area (Å²) in [5.74, 6) is -1.84. The zero-order chi connectivity index (χ0) is 16.7. The minimum atomic E-state index is -0.966. The number of nitrogens with one attached hydrogen (secondary N) is 1. The van der Waals surface area contributed by atoms with Crippen molar-refractivity contribution in [1.29, 1.82) is 0 Å². The van der Waals surface area contributed by atoms with E-state index in [2.05, 4.69) is 5.32 Å². The fraction of sp³-hybridized carbons (Fsp3) is 0.857. The molecule has 0 aliphatic carbocycles. The Labute approximate surface area is 129 Å². The predicted molar refractivity (Wildman–Crippen MR) is 78.0 cm³/mol. The monoisotopic (exact) mass is 318 g/mol. The summed E-state index contributed by atoms with van der Waals surface area (Å²) >= 11 is 0. The second kappa shape index (κ2) is 9.04. The predicted octanol–water partition coefficient (Wildman–Crippen LogP) is -0.347. The van der Waals surface area contributed by atoms with Gasteiger partial charge in [0.05, 0.1) is 0 Å². The molecule has 8 heteroatoms. The Hall–Kier alpha value is -1.22. The van der Waals surface area contributed by atoms with E-state index in [1.54, 1.807) is 4.90 Å². The Morgan fingerprint density at radius 1 is 1.27 bits per heavy atom. The fourth-order valence-corrected chi connectivity index (χ4v) is 2.91. The largest absolute Gasteiger partial charge is 0.481 e. The molecule has 0 bridgehead atoms. The van der Waals surface area contributed by atoms with E-state index in [0.29, 0.717) is 13.1 Å². The van der Waals surface area contributed by atoms with Crippen molar-refractivity contribution < 1.29 is 30.0 Å². The van der Waals surface area contributed by atoms with Gasteiger partial charge in [-0.3, -0.25) is 19.8 Å². The average molecular weight is 318 g/mol. The molecule has 8 nitrogen and oxygen atoms in total. The van der Waals surface area contributed by atoms with E-state index in [9.17, 15) is 19.8 Å². The minimum absolute atomic E-state index is 0.0208. The lowest BCUT2D eigenvalue weighted by Gasteiger charge is -2.39. The summed E-state index contributed by atoms with van der Waals surface area (Å²) in [4.78, 5) is 23.3. The third kappa shape index (κ3) is 6.69. The summed E-state index contributed by atoms with van der Waals surface area (Å²) < 4.78 is 0. The molecule has 22 heavy (non-hydrogen) atoms. The maximum atomic E-state index is 10.8. The Kier molecular flexibility index (Phi) is 7.74. The Morgan fingerprint density at radius 3 is 2.50 bits per heavy atom. The molecular weight excluding hydrogens is 292 g/mol. The van der Waals surface area contributed by atoms with Crippen molar-refractivity contribution in [3.63, 3.8) is 0 Å². The summed E-state index contributed by atoms with van der Waals surface area (Å²) in [7, 11) is 0. The molecule has 0 aromatic carbocycles. The van der Waals surface area contributed by atoms with Crippen LogP contribution in [0.4, 0.5) is 0 Å². The SMILES string of the molecule is CC(O)NC(CCC(=O)O)C(O)N1CCCC(CC(=O)O)C1. The van der Waals surface area contributed by atoms with Crippen LogP contribution in [0.1, 0.15) is 39.0 Å². The van der Waals surface area contributed by atoms with Gasteiger partial charge in [-0.1, -0.05) is 0 Å². The van der Waals surface area contributed by atoms with E-state index >= 15 is 0 Å². The number of hydrogen-bond acceptors (Lipinski definition) is 6. The van der Waals surface area contributed by atoms with Gasteiger partial charge in [0.2, 0.25) is 0 Å². The van der Waals surface area contributed by atoms with Crippen LogP contribution in [0.2, 0.25) is 0 Å². The standard InChI is InChI=1S/C14H26N2O6/c1-9(17)15-11(4-5-12(18)19)14(22)16-6-2-3-10(8-16)7-13(20)21/h9-11,14-15,17,22H,2-8H2,1H3,(H,18,19)(H,20,21). The van der Waals surface area contributed by atoms with Crippen LogP contribution in [0.3, 0.4) is 0 Å². The number of carbonyl (C=O) groups is 2. The van der Waals surface area contributed by atoms with E-state index in [1.807, 2.05) is 0 Å². The van der Waals surface area contributed by atoms with Gasteiger partial charge in [-0.05, 0) is 32.1 Å². The number of likely N-dealkylation sites (tertiary alicyclic amines) is 1. The molecule has 1 rings (SSSR count). The second-order valence-corrected chi connectivity index (χ2v) is 5.90. The van der Waals surface area contributed by atoms with E-state index in [0.717, 1.165) is 12.8 Å². The smallest absolute Gasteiger partial charge is 0.303 e. The molecule has 0 aromatic rings. The molecule has 1 fully saturated rings. The van der Waals surface area contributed by atoms with Gasteiger partial charge in [0.15, 0.2) is 0 Å². The molecule has 0 spiro atoms. The Balaban J connectivity index is 2.63. The highest BCUT2D eigenvalue weighted by atomic mass is 16.4. The molecule has 4 unspecified atom stereocenters. The van der Waals surface area contributed by atoms with E-state index in [-0.39, 0.29) is 25.2 Å². The molecule has 0 saturated carbocycles. The number of aliphatic carboxylic acids is 2. The van der Waals surface area contributed by atoms with Gasteiger partial charge >= 0.3 is 11.9 Å². The van der Waals surface area contributed by atoms with Gasteiger partial charge in [-0.25, -0.2) is 0 Å². The minimum Gasteiger partial charge on any atom is -0.481 e. The third-order valence-corrected chi connectivity index (χ3v) is 3.87. The molecule has 0 aromatic heterocycles. The van der Waals surface area contributed by atoms with Crippen molar-refractivity contribution in [2.24, 2.45) is 5.92 Å². The average Bonchev–Trinajstić information content (AvgIpc) is 2.41. The first kappa shape index (κ1) is 18.8. The van der Waals surface area contributed by atoms with E-state index in [4.69, 9.17) is 10.2 Å². The lowest BCUT2D eigenvalue weighted by atomic mass is 9.94. The summed E-state index contributed by atoms with van der Waals surface area (Å²) in [6, 6.07) is -0.584. The Morgan fingerprint density at radius 2 is 1.95 bits per heavy atom. The fourth-order valence-electron chi connectivity index (χ4n) is 2.91. The van der Waals surface area contributed by atoms with Crippen molar-refractivity contribution in [2.45, 2.75) is 57.5 Å². The van der Waals surface area contributed by atoms with Crippen molar-refractivity contribution in [2.75, 3.05) is 13.1 Å². The van der Waals surface area contributed by atoms with Crippen LogP contribution in [0.25, 0.3) is 0 Å². The zero-order valence-electron chi connectivity index (χ0n) is 12.8. The van der Waals surface area contributed by atoms with Gasteiger partial charge < -0.3 is 20.4 Å². The van der Waals surface area contributed by atoms with Crippen molar-refractivity contribution in [3.05, 3.63) is 0 Å². The third-order valence-electron chi connectivity index (χ3n) is 3.87. The summed E-state index contributed by atoms with van der Waals surface area (Å²) in [6.45, 7) is 2.59. The van der Waals surface area contributed by atoms with E-state index < -0.39 is 30.4 Å². The van der Waals surface area contributed by atoms with Crippen LogP contribution in [0, 0.1) is 5.92 Å². The van der Waals surface area contributed by atoms with Gasteiger partial charge in [-0.2, -0.15) is 0 Å². The highest BCUT2D eigenvalue weighted by Gasteiger charge is 2.31. The highest BCUT2D eigenvalue weighted by Crippen LogP contribution is 2.22. The lowest BCUT2D eigenvalue weighted by molar-refractivity contribution is -0.140. The molecule has 1 aliphatic rings. The number of aliphatic hydroxyl groups is 2.